The van der Waals surface area contributed by atoms with E-state index in [1.54, 1.807) is 0 Å². The molecule has 0 heterocycles. The Balaban J connectivity index is 3.91. The summed E-state index contributed by atoms with van der Waals surface area (Å²) in [5.74, 6) is -1.12. The van der Waals surface area contributed by atoms with Crippen molar-refractivity contribution in [3.63, 3.8) is 0 Å². The molecule has 0 spiro atoms. The second-order valence-corrected chi connectivity index (χ2v) is 5.92. The Morgan fingerprint density at radius 2 is 1.45 bits per heavy atom. The molecule has 0 aromatic carbocycles. The van der Waals surface area contributed by atoms with Crippen molar-refractivity contribution in [2.75, 3.05) is 25.4 Å². The van der Waals surface area contributed by atoms with Crippen LogP contribution in [0.4, 0.5) is 0 Å². The van der Waals surface area contributed by atoms with E-state index in [1.807, 2.05) is 0 Å². The lowest BCUT2D eigenvalue weighted by Crippen LogP contribution is -2.32. The normalized spacial score (nSPS) is 10.7. The summed E-state index contributed by atoms with van der Waals surface area (Å²) in [4.78, 5) is 22.2. The fourth-order valence-corrected chi connectivity index (χ4v) is 1.79. The molecule has 0 rings (SSSR count). The minimum absolute atomic E-state index is 0.0586. The molecule has 8 heteroatoms. The third-order valence-electron chi connectivity index (χ3n) is 2.06. The molecule has 114 valence electrons. The van der Waals surface area contributed by atoms with Crippen LogP contribution in [-0.2, 0) is 23.9 Å². The Kier molecular flexibility index (Phi) is 7.78. The van der Waals surface area contributed by atoms with Gasteiger partial charge in [-0.15, -0.1) is 0 Å². The zero-order chi connectivity index (χ0) is 15.8. The molecule has 7 nitrogen and oxygen atoms in total. The summed E-state index contributed by atoms with van der Waals surface area (Å²) in [6, 6.07) is 0. The molecular weight excluding hydrogens is 284 g/mol. The lowest BCUT2D eigenvalue weighted by molar-refractivity contribution is -0.118. The van der Waals surface area contributed by atoms with Crippen LogP contribution in [0, 0.1) is 0 Å². The molecule has 0 bridgehead atoms. The van der Waals surface area contributed by atoms with Gasteiger partial charge in [0.15, 0.2) is 0 Å². The zero-order valence-corrected chi connectivity index (χ0v) is 12.5. The van der Waals surface area contributed by atoms with Crippen molar-refractivity contribution in [3.05, 3.63) is 24.3 Å². The third kappa shape index (κ3) is 8.44. The summed E-state index contributed by atoms with van der Waals surface area (Å²) in [6.45, 7) is 9.74. The van der Waals surface area contributed by atoms with Crippen molar-refractivity contribution in [1.29, 1.82) is 0 Å². The summed E-state index contributed by atoms with van der Waals surface area (Å²) in [7, 11) is -3.74. The number of carbonyl (C=O) groups excluding carboxylic acids is 2. The molecule has 0 fully saturated rings. The van der Waals surface area contributed by atoms with Gasteiger partial charge in [0.25, 0.3) is 10.1 Å². The smallest absolute Gasteiger partial charge is 0.269 e. The molecule has 0 unspecified atom stereocenters. The fourth-order valence-electron chi connectivity index (χ4n) is 0.983. The van der Waals surface area contributed by atoms with E-state index in [4.69, 9.17) is 0 Å². The Labute approximate surface area is 119 Å². The topological polar surface area (TPSA) is 102 Å². The molecule has 0 aromatic heterocycles. The first-order valence-corrected chi connectivity index (χ1v) is 7.48. The first-order valence-electron chi connectivity index (χ1n) is 5.90. The van der Waals surface area contributed by atoms with E-state index in [9.17, 15) is 18.0 Å². The van der Waals surface area contributed by atoms with Gasteiger partial charge in [0.1, 0.15) is 0 Å². The van der Waals surface area contributed by atoms with Crippen molar-refractivity contribution in [2.45, 2.75) is 13.8 Å². The second kappa shape index (κ2) is 8.49. The largest absolute Gasteiger partial charge is 0.351 e. The van der Waals surface area contributed by atoms with E-state index >= 15 is 0 Å². The van der Waals surface area contributed by atoms with Crippen LogP contribution in [0.5, 0.6) is 0 Å². The minimum Gasteiger partial charge on any atom is -0.351 e. The van der Waals surface area contributed by atoms with Gasteiger partial charge in [-0.05, 0) is 13.8 Å². The monoisotopic (exact) mass is 304 g/mol. The van der Waals surface area contributed by atoms with Crippen molar-refractivity contribution >= 4 is 21.9 Å². The van der Waals surface area contributed by atoms with Gasteiger partial charge in [0.2, 0.25) is 11.8 Å². The maximum Gasteiger partial charge on any atom is 0.269 e. The lowest BCUT2D eigenvalue weighted by Gasteiger charge is -2.08. The van der Waals surface area contributed by atoms with Crippen LogP contribution in [0.1, 0.15) is 13.8 Å². The van der Waals surface area contributed by atoms with Crippen LogP contribution in [-0.4, -0.2) is 45.7 Å². The van der Waals surface area contributed by atoms with Gasteiger partial charge in [-0.25, -0.2) is 0 Å². The van der Waals surface area contributed by atoms with Gasteiger partial charge in [-0.2, -0.15) is 8.42 Å². The standard InChI is InChI=1S/C12H20N2O5S/c1-9(2)11(15)13-5-7-19-20(17,18)8-6-14-12(16)10(3)4/h1,3,5-8H2,2,4H3,(H,13,15)(H,14,16). The van der Waals surface area contributed by atoms with Crippen molar-refractivity contribution < 1.29 is 22.2 Å². The summed E-state index contributed by atoms with van der Waals surface area (Å²) in [5, 5.41) is 4.82. The molecule has 0 aliphatic rings. The molecule has 0 aromatic rings. The maximum absolute atomic E-state index is 11.4. The number of hydrogen-bond donors (Lipinski definition) is 2. The highest BCUT2D eigenvalue weighted by molar-refractivity contribution is 7.86. The molecule has 0 aliphatic heterocycles. The predicted molar refractivity (Wildman–Crippen MR) is 75.4 cm³/mol. The van der Waals surface area contributed by atoms with Gasteiger partial charge in [0.05, 0.1) is 12.4 Å². The van der Waals surface area contributed by atoms with Gasteiger partial charge in [-0.1, -0.05) is 13.2 Å². The van der Waals surface area contributed by atoms with Crippen LogP contribution in [0.15, 0.2) is 24.3 Å². The average molecular weight is 304 g/mol. The number of rotatable bonds is 9. The van der Waals surface area contributed by atoms with Crippen molar-refractivity contribution in [3.8, 4) is 0 Å². The first kappa shape index (κ1) is 18.3. The predicted octanol–water partition coefficient (Wildman–Crippen LogP) is -0.283. The van der Waals surface area contributed by atoms with Crippen LogP contribution >= 0.6 is 0 Å². The Morgan fingerprint density at radius 1 is 1.00 bits per heavy atom. The number of amides is 2. The molecule has 0 aliphatic carbocycles. The van der Waals surface area contributed by atoms with Gasteiger partial charge in [-0.3, -0.25) is 13.8 Å². The van der Waals surface area contributed by atoms with Crippen molar-refractivity contribution in [2.24, 2.45) is 0 Å². The zero-order valence-electron chi connectivity index (χ0n) is 11.7. The van der Waals surface area contributed by atoms with Crippen LogP contribution in [0.2, 0.25) is 0 Å². The van der Waals surface area contributed by atoms with E-state index in [0.29, 0.717) is 11.1 Å². The van der Waals surface area contributed by atoms with E-state index in [-0.39, 0.29) is 31.4 Å². The van der Waals surface area contributed by atoms with E-state index in [1.165, 1.54) is 13.8 Å². The highest BCUT2D eigenvalue weighted by Gasteiger charge is 2.12. The van der Waals surface area contributed by atoms with Crippen molar-refractivity contribution in [1.82, 2.24) is 10.6 Å². The molecule has 0 saturated carbocycles. The molecule has 2 N–H and O–H groups in total. The van der Waals surface area contributed by atoms with Gasteiger partial charge in [0, 0.05) is 24.2 Å². The van der Waals surface area contributed by atoms with Gasteiger partial charge < -0.3 is 10.6 Å². The quantitative estimate of drug-likeness (QED) is 0.346. The lowest BCUT2D eigenvalue weighted by atomic mass is 10.3. The number of hydrogen-bond acceptors (Lipinski definition) is 5. The SMILES string of the molecule is C=C(C)C(=O)NCCOS(=O)(=O)CCNC(=O)C(=C)C. The summed E-state index contributed by atoms with van der Waals surface area (Å²) < 4.78 is 27.5. The summed E-state index contributed by atoms with van der Waals surface area (Å²) >= 11 is 0. The Morgan fingerprint density at radius 3 is 1.90 bits per heavy atom. The molecule has 2 amide bonds. The van der Waals surface area contributed by atoms with E-state index in [0.717, 1.165) is 0 Å². The second-order valence-electron chi connectivity index (χ2n) is 4.16. The fraction of sp³-hybridized carbons (Fsp3) is 0.500. The van der Waals surface area contributed by atoms with Gasteiger partial charge >= 0.3 is 0 Å². The maximum atomic E-state index is 11.4. The first-order chi connectivity index (χ1) is 9.15. The van der Waals surface area contributed by atoms with E-state index < -0.39 is 16.0 Å². The highest BCUT2D eigenvalue weighted by Crippen LogP contribution is 1.93. The molecule has 0 saturated heterocycles. The molecule has 20 heavy (non-hydrogen) atoms. The number of carbonyl (C=O) groups is 2. The summed E-state index contributed by atoms with van der Waals surface area (Å²) in [6.07, 6.45) is 0. The van der Waals surface area contributed by atoms with Crippen LogP contribution in [0.25, 0.3) is 0 Å². The number of nitrogens with one attached hydrogen (secondary N) is 2. The third-order valence-corrected chi connectivity index (χ3v) is 3.29. The average Bonchev–Trinajstić information content (AvgIpc) is 2.33. The highest BCUT2D eigenvalue weighted by atomic mass is 32.2. The minimum atomic E-state index is -3.74. The summed E-state index contributed by atoms with van der Waals surface area (Å²) in [5.41, 5.74) is 0.626. The van der Waals surface area contributed by atoms with Crippen LogP contribution in [0.3, 0.4) is 0 Å². The molecule has 0 radical (unpaired) electrons. The molecular formula is C12H20N2O5S. The Bertz CT molecular complexity index is 496. The van der Waals surface area contributed by atoms with E-state index in [2.05, 4.69) is 28.0 Å². The molecule has 0 atom stereocenters. The van der Waals surface area contributed by atoms with Crippen LogP contribution < -0.4 is 10.6 Å². The Hall–Kier alpha value is -1.67.